The van der Waals surface area contributed by atoms with Crippen LogP contribution in [0.3, 0.4) is 0 Å². The van der Waals surface area contributed by atoms with Crippen molar-refractivity contribution in [3.05, 3.63) is 48.0 Å². The summed E-state index contributed by atoms with van der Waals surface area (Å²) in [7, 11) is -0.674. The Hall–Kier alpha value is -1.19. The van der Waals surface area contributed by atoms with E-state index in [4.69, 9.17) is 0 Å². The van der Waals surface area contributed by atoms with Gasteiger partial charge in [0.1, 0.15) is 0 Å². The molecule has 96 valence electrons. The van der Waals surface area contributed by atoms with Crippen LogP contribution in [0, 0.1) is 0 Å². The Labute approximate surface area is 111 Å². The van der Waals surface area contributed by atoms with E-state index in [0.717, 1.165) is 24.6 Å². The summed E-state index contributed by atoms with van der Waals surface area (Å²) in [5.74, 6) is 1.48. The monoisotopic (exact) mass is 261 g/mol. The highest BCUT2D eigenvalue weighted by atomic mass is 32.2. The van der Waals surface area contributed by atoms with Gasteiger partial charge in [0.25, 0.3) is 0 Å². The van der Waals surface area contributed by atoms with Crippen molar-refractivity contribution in [1.29, 1.82) is 0 Å². The van der Waals surface area contributed by atoms with E-state index in [9.17, 15) is 4.21 Å². The summed E-state index contributed by atoms with van der Waals surface area (Å²) >= 11 is 0. The molecule has 2 nitrogen and oxygen atoms in total. The van der Waals surface area contributed by atoms with Gasteiger partial charge in [0.05, 0.1) is 0 Å². The molecular weight excluding hydrogens is 242 g/mol. The summed E-state index contributed by atoms with van der Waals surface area (Å²) in [6, 6.07) is 14.8. The first-order chi connectivity index (χ1) is 8.81. The predicted molar refractivity (Wildman–Crippen MR) is 79.2 cm³/mol. The van der Waals surface area contributed by atoms with E-state index in [-0.39, 0.29) is 0 Å². The van der Waals surface area contributed by atoms with Crippen molar-refractivity contribution in [3.63, 3.8) is 0 Å². The van der Waals surface area contributed by atoms with Gasteiger partial charge in [0.2, 0.25) is 0 Å². The summed E-state index contributed by atoms with van der Waals surface area (Å²) in [5.41, 5.74) is 1.30. The van der Waals surface area contributed by atoms with Crippen molar-refractivity contribution in [3.8, 4) is 0 Å². The third-order valence-electron chi connectivity index (χ3n) is 3.02. The molecule has 1 atom stereocenters. The lowest BCUT2D eigenvalue weighted by Gasteiger charge is -2.08. The standard InChI is InChI=1S/C15H19NOS/c1-2-18(17)11-10-16-12-14-8-5-7-13-6-3-4-9-15(13)14/h3-9,16H,2,10-12H2,1H3. The first kappa shape index (κ1) is 13.2. The van der Waals surface area contributed by atoms with Crippen molar-refractivity contribution < 1.29 is 4.21 Å². The average Bonchev–Trinajstić information content (AvgIpc) is 2.43. The molecular formula is C15H19NOS. The first-order valence-electron chi connectivity index (χ1n) is 6.33. The van der Waals surface area contributed by atoms with E-state index in [1.165, 1.54) is 16.3 Å². The Morgan fingerprint density at radius 3 is 2.72 bits per heavy atom. The summed E-state index contributed by atoms with van der Waals surface area (Å²) < 4.78 is 11.3. The molecule has 0 saturated carbocycles. The zero-order chi connectivity index (χ0) is 12.8. The zero-order valence-corrected chi connectivity index (χ0v) is 11.5. The Morgan fingerprint density at radius 1 is 1.11 bits per heavy atom. The van der Waals surface area contributed by atoms with E-state index in [2.05, 4.69) is 47.8 Å². The van der Waals surface area contributed by atoms with Crippen LogP contribution >= 0.6 is 0 Å². The molecule has 18 heavy (non-hydrogen) atoms. The molecule has 1 unspecified atom stereocenters. The van der Waals surface area contributed by atoms with Crippen molar-refractivity contribution >= 4 is 21.6 Å². The van der Waals surface area contributed by atoms with Gasteiger partial charge in [-0.1, -0.05) is 49.4 Å². The van der Waals surface area contributed by atoms with E-state index in [1.807, 2.05) is 6.92 Å². The summed E-state index contributed by atoms with van der Waals surface area (Å²) in [5, 5.41) is 5.93. The molecule has 0 radical (unpaired) electrons. The van der Waals surface area contributed by atoms with Crippen molar-refractivity contribution in [2.24, 2.45) is 0 Å². The van der Waals surface area contributed by atoms with Crippen LogP contribution in [-0.4, -0.2) is 22.3 Å². The number of hydrogen-bond donors (Lipinski definition) is 1. The maximum Gasteiger partial charge on any atom is 0.0360 e. The summed E-state index contributed by atoms with van der Waals surface area (Å²) in [6.07, 6.45) is 0. The van der Waals surface area contributed by atoms with Crippen LogP contribution in [0.15, 0.2) is 42.5 Å². The molecule has 0 fully saturated rings. The quantitative estimate of drug-likeness (QED) is 0.810. The van der Waals surface area contributed by atoms with Gasteiger partial charge in [0.15, 0.2) is 0 Å². The van der Waals surface area contributed by atoms with Crippen molar-refractivity contribution in [2.45, 2.75) is 13.5 Å². The van der Waals surface area contributed by atoms with Gasteiger partial charge in [-0.25, -0.2) is 0 Å². The SMILES string of the molecule is CCS(=O)CCNCc1cccc2ccccc12. The second kappa shape index (κ2) is 6.66. The minimum atomic E-state index is -0.674. The fourth-order valence-corrected chi connectivity index (χ4v) is 2.66. The molecule has 3 heteroatoms. The largest absolute Gasteiger partial charge is 0.312 e. The van der Waals surface area contributed by atoms with Gasteiger partial charge in [-0.3, -0.25) is 4.21 Å². The number of hydrogen-bond acceptors (Lipinski definition) is 2. The summed E-state index contributed by atoms with van der Waals surface area (Å²) in [4.78, 5) is 0. The fraction of sp³-hybridized carbons (Fsp3) is 0.333. The molecule has 2 rings (SSSR count). The molecule has 1 N–H and O–H groups in total. The second-order valence-electron chi connectivity index (χ2n) is 4.25. The lowest BCUT2D eigenvalue weighted by molar-refractivity contribution is 0.674. The van der Waals surface area contributed by atoms with Gasteiger partial charge < -0.3 is 5.32 Å². The predicted octanol–water partition coefficient (Wildman–Crippen LogP) is 2.70. The molecule has 0 aliphatic rings. The van der Waals surface area contributed by atoms with E-state index in [1.54, 1.807) is 0 Å². The van der Waals surface area contributed by atoms with Crippen LogP contribution < -0.4 is 5.32 Å². The maximum absolute atomic E-state index is 11.3. The Balaban J connectivity index is 1.97. The number of nitrogens with one attached hydrogen (secondary N) is 1. The lowest BCUT2D eigenvalue weighted by atomic mass is 10.0. The van der Waals surface area contributed by atoms with Crippen molar-refractivity contribution in [2.75, 3.05) is 18.1 Å². The van der Waals surface area contributed by atoms with E-state index in [0.29, 0.717) is 0 Å². The normalized spacial score (nSPS) is 12.7. The van der Waals surface area contributed by atoms with Crippen LogP contribution in [0.4, 0.5) is 0 Å². The van der Waals surface area contributed by atoms with E-state index >= 15 is 0 Å². The third-order valence-corrected chi connectivity index (χ3v) is 4.33. The lowest BCUT2D eigenvalue weighted by Crippen LogP contribution is -2.20. The molecule has 0 amide bonds. The third kappa shape index (κ3) is 3.40. The molecule has 0 heterocycles. The molecule has 0 aliphatic heterocycles. The van der Waals surface area contributed by atoms with Crippen LogP contribution in [0.1, 0.15) is 12.5 Å². The van der Waals surface area contributed by atoms with Crippen LogP contribution in [0.5, 0.6) is 0 Å². The Kier molecular flexibility index (Phi) is 4.90. The topological polar surface area (TPSA) is 29.1 Å². The van der Waals surface area contributed by atoms with Gasteiger partial charge >= 0.3 is 0 Å². The van der Waals surface area contributed by atoms with Crippen molar-refractivity contribution in [1.82, 2.24) is 5.32 Å². The molecule has 2 aromatic carbocycles. The van der Waals surface area contributed by atoms with Gasteiger partial charge in [0, 0.05) is 35.4 Å². The highest BCUT2D eigenvalue weighted by Gasteiger charge is 2.00. The molecule has 2 aromatic rings. The zero-order valence-electron chi connectivity index (χ0n) is 10.7. The maximum atomic E-state index is 11.3. The first-order valence-corrected chi connectivity index (χ1v) is 7.82. The molecule has 0 aromatic heterocycles. The highest BCUT2D eigenvalue weighted by Crippen LogP contribution is 2.17. The minimum Gasteiger partial charge on any atom is -0.312 e. The average molecular weight is 261 g/mol. The van der Waals surface area contributed by atoms with Crippen LogP contribution in [-0.2, 0) is 17.3 Å². The summed E-state index contributed by atoms with van der Waals surface area (Å²) in [6.45, 7) is 3.60. The highest BCUT2D eigenvalue weighted by molar-refractivity contribution is 7.84. The van der Waals surface area contributed by atoms with Gasteiger partial charge in [-0.05, 0) is 16.3 Å². The number of benzene rings is 2. The minimum absolute atomic E-state index is 0.674. The van der Waals surface area contributed by atoms with E-state index < -0.39 is 10.8 Å². The Bertz CT molecular complexity index is 534. The fourth-order valence-electron chi connectivity index (χ4n) is 2.00. The molecule has 0 aliphatic carbocycles. The molecule has 0 spiro atoms. The molecule has 0 bridgehead atoms. The second-order valence-corrected chi connectivity index (χ2v) is 6.11. The van der Waals surface area contributed by atoms with Crippen LogP contribution in [0.2, 0.25) is 0 Å². The van der Waals surface area contributed by atoms with Gasteiger partial charge in [-0.15, -0.1) is 0 Å². The molecule has 0 saturated heterocycles. The Morgan fingerprint density at radius 2 is 1.89 bits per heavy atom. The number of rotatable bonds is 6. The van der Waals surface area contributed by atoms with Crippen LogP contribution in [0.25, 0.3) is 10.8 Å². The number of fused-ring (bicyclic) bond motifs is 1. The van der Waals surface area contributed by atoms with Gasteiger partial charge in [-0.2, -0.15) is 0 Å². The smallest absolute Gasteiger partial charge is 0.0360 e.